The molecule has 0 aliphatic rings. The van der Waals surface area contributed by atoms with E-state index in [0.29, 0.717) is 12.6 Å². The average molecular weight is 252 g/mol. The second-order valence-electron chi connectivity index (χ2n) is 4.35. The van der Waals surface area contributed by atoms with Crippen LogP contribution >= 0.6 is 0 Å². The number of ether oxygens (including phenoxy) is 1. The number of aliphatic hydroxyl groups excluding tert-OH is 1. The first-order valence-corrected chi connectivity index (χ1v) is 6.46. The van der Waals surface area contributed by atoms with E-state index < -0.39 is 0 Å². The molecule has 2 unspecified atom stereocenters. The van der Waals surface area contributed by atoms with Crippen molar-refractivity contribution in [2.75, 3.05) is 20.3 Å². The smallest absolute Gasteiger partial charge is 0.118 e. The van der Waals surface area contributed by atoms with E-state index in [2.05, 4.69) is 12.2 Å². The molecule has 0 saturated heterocycles. The third-order valence-electron chi connectivity index (χ3n) is 3.16. The molecule has 0 spiro atoms. The summed E-state index contributed by atoms with van der Waals surface area (Å²) in [4.78, 5) is 0. The Hall–Kier alpha value is -1.10. The minimum absolute atomic E-state index is 0.118. The van der Waals surface area contributed by atoms with Gasteiger partial charge in [0.15, 0.2) is 0 Å². The SMILES string of the molecule is CCC(CCO)NC(CN)c1ccc(OC)cc1. The summed E-state index contributed by atoms with van der Waals surface area (Å²) in [6.45, 7) is 2.84. The lowest BCUT2D eigenvalue weighted by Crippen LogP contribution is -2.37. The molecular formula is C14H24N2O2. The number of aliphatic hydroxyl groups is 1. The lowest BCUT2D eigenvalue weighted by molar-refractivity contribution is 0.256. The number of hydrogen-bond acceptors (Lipinski definition) is 4. The van der Waals surface area contributed by atoms with Gasteiger partial charge in [-0.1, -0.05) is 19.1 Å². The van der Waals surface area contributed by atoms with Crippen molar-refractivity contribution in [2.24, 2.45) is 5.73 Å². The number of nitrogens with two attached hydrogens (primary N) is 1. The highest BCUT2D eigenvalue weighted by molar-refractivity contribution is 5.29. The molecule has 0 amide bonds. The van der Waals surface area contributed by atoms with Crippen molar-refractivity contribution < 1.29 is 9.84 Å². The van der Waals surface area contributed by atoms with E-state index >= 15 is 0 Å². The zero-order valence-electron chi connectivity index (χ0n) is 11.2. The first-order valence-electron chi connectivity index (χ1n) is 6.46. The highest BCUT2D eigenvalue weighted by atomic mass is 16.5. The van der Waals surface area contributed by atoms with E-state index in [1.807, 2.05) is 24.3 Å². The van der Waals surface area contributed by atoms with E-state index in [1.54, 1.807) is 7.11 Å². The number of hydrogen-bond donors (Lipinski definition) is 3. The normalized spacial score (nSPS) is 14.2. The van der Waals surface area contributed by atoms with Crippen LogP contribution in [0.3, 0.4) is 0 Å². The Kier molecular flexibility index (Phi) is 6.72. The Bertz CT molecular complexity index is 327. The summed E-state index contributed by atoms with van der Waals surface area (Å²) in [5, 5.41) is 12.5. The first kappa shape index (κ1) is 15.0. The standard InChI is InChI=1S/C14H24N2O2/c1-3-12(8-9-17)16-14(10-15)11-4-6-13(18-2)7-5-11/h4-7,12,14,16-17H,3,8-10,15H2,1-2H3. The molecule has 0 heterocycles. The summed E-state index contributed by atoms with van der Waals surface area (Å²) >= 11 is 0. The number of methoxy groups -OCH3 is 1. The van der Waals surface area contributed by atoms with Crippen molar-refractivity contribution in [1.29, 1.82) is 0 Å². The van der Waals surface area contributed by atoms with Gasteiger partial charge in [0.2, 0.25) is 0 Å². The Morgan fingerprint density at radius 3 is 2.44 bits per heavy atom. The minimum Gasteiger partial charge on any atom is -0.497 e. The Balaban J connectivity index is 2.68. The van der Waals surface area contributed by atoms with Crippen molar-refractivity contribution in [3.63, 3.8) is 0 Å². The molecule has 18 heavy (non-hydrogen) atoms. The molecule has 0 bridgehead atoms. The van der Waals surface area contributed by atoms with Gasteiger partial charge in [0, 0.05) is 25.2 Å². The van der Waals surface area contributed by atoms with Gasteiger partial charge >= 0.3 is 0 Å². The molecule has 102 valence electrons. The third kappa shape index (κ3) is 4.29. The second kappa shape index (κ2) is 8.08. The molecule has 0 aromatic heterocycles. The van der Waals surface area contributed by atoms with Gasteiger partial charge in [0.1, 0.15) is 5.75 Å². The van der Waals surface area contributed by atoms with E-state index in [4.69, 9.17) is 15.6 Å². The molecule has 2 atom stereocenters. The summed E-state index contributed by atoms with van der Waals surface area (Å²) in [5.74, 6) is 0.844. The molecule has 4 nitrogen and oxygen atoms in total. The van der Waals surface area contributed by atoms with Gasteiger partial charge in [-0.2, -0.15) is 0 Å². The zero-order valence-corrected chi connectivity index (χ0v) is 11.2. The van der Waals surface area contributed by atoms with E-state index in [9.17, 15) is 0 Å². The van der Waals surface area contributed by atoms with Crippen molar-refractivity contribution in [2.45, 2.75) is 31.8 Å². The van der Waals surface area contributed by atoms with Crippen LogP contribution in [-0.4, -0.2) is 31.4 Å². The van der Waals surface area contributed by atoms with Crippen LogP contribution in [0.2, 0.25) is 0 Å². The quantitative estimate of drug-likeness (QED) is 0.655. The average Bonchev–Trinajstić information content (AvgIpc) is 2.43. The molecule has 0 aliphatic carbocycles. The predicted molar refractivity (Wildman–Crippen MR) is 73.7 cm³/mol. The fourth-order valence-electron chi connectivity index (χ4n) is 1.98. The summed E-state index contributed by atoms with van der Waals surface area (Å²) in [6.07, 6.45) is 1.73. The molecule has 4 heteroatoms. The highest BCUT2D eigenvalue weighted by Crippen LogP contribution is 2.18. The van der Waals surface area contributed by atoms with E-state index in [-0.39, 0.29) is 12.6 Å². The molecule has 0 fully saturated rings. The van der Waals surface area contributed by atoms with E-state index in [1.165, 1.54) is 0 Å². The van der Waals surface area contributed by atoms with E-state index in [0.717, 1.165) is 24.2 Å². The molecule has 1 rings (SSSR count). The van der Waals surface area contributed by atoms with Gasteiger partial charge in [-0.3, -0.25) is 0 Å². The molecular weight excluding hydrogens is 228 g/mol. The molecule has 0 aliphatic heterocycles. The Morgan fingerprint density at radius 1 is 1.33 bits per heavy atom. The molecule has 0 radical (unpaired) electrons. The molecule has 4 N–H and O–H groups in total. The van der Waals surface area contributed by atoms with Crippen LogP contribution < -0.4 is 15.8 Å². The van der Waals surface area contributed by atoms with Crippen LogP contribution in [0.4, 0.5) is 0 Å². The van der Waals surface area contributed by atoms with Crippen LogP contribution in [0.1, 0.15) is 31.4 Å². The predicted octanol–water partition coefficient (Wildman–Crippen LogP) is 1.45. The van der Waals surface area contributed by atoms with Crippen LogP contribution in [0.5, 0.6) is 5.75 Å². The number of benzene rings is 1. The van der Waals surface area contributed by atoms with Gasteiger partial charge in [-0.25, -0.2) is 0 Å². The topological polar surface area (TPSA) is 67.5 Å². The first-order chi connectivity index (χ1) is 8.74. The van der Waals surface area contributed by atoms with Gasteiger partial charge < -0.3 is 20.9 Å². The van der Waals surface area contributed by atoms with Crippen LogP contribution in [0.25, 0.3) is 0 Å². The summed E-state index contributed by atoms with van der Waals surface area (Å²) in [7, 11) is 1.65. The molecule has 1 aromatic carbocycles. The lowest BCUT2D eigenvalue weighted by atomic mass is 10.0. The van der Waals surface area contributed by atoms with Gasteiger partial charge in [0.05, 0.1) is 7.11 Å². The maximum Gasteiger partial charge on any atom is 0.118 e. The van der Waals surface area contributed by atoms with Crippen molar-refractivity contribution in [1.82, 2.24) is 5.32 Å². The number of nitrogens with one attached hydrogen (secondary N) is 1. The fourth-order valence-corrected chi connectivity index (χ4v) is 1.98. The van der Waals surface area contributed by atoms with Crippen LogP contribution in [0.15, 0.2) is 24.3 Å². The zero-order chi connectivity index (χ0) is 13.4. The largest absolute Gasteiger partial charge is 0.497 e. The van der Waals surface area contributed by atoms with Gasteiger partial charge in [0.25, 0.3) is 0 Å². The number of rotatable bonds is 8. The lowest BCUT2D eigenvalue weighted by Gasteiger charge is -2.24. The highest BCUT2D eigenvalue weighted by Gasteiger charge is 2.14. The van der Waals surface area contributed by atoms with Crippen LogP contribution in [0, 0.1) is 0 Å². The second-order valence-corrected chi connectivity index (χ2v) is 4.35. The third-order valence-corrected chi connectivity index (χ3v) is 3.16. The van der Waals surface area contributed by atoms with Crippen LogP contribution in [-0.2, 0) is 0 Å². The Labute approximate surface area is 109 Å². The molecule has 1 aromatic rings. The maximum absolute atomic E-state index is 9.00. The van der Waals surface area contributed by atoms with Crippen molar-refractivity contribution >= 4 is 0 Å². The summed E-state index contributed by atoms with van der Waals surface area (Å²) < 4.78 is 5.14. The molecule has 0 saturated carbocycles. The monoisotopic (exact) mass is 252 g/mol. The Morgan fingerprint density at radius 2 is 2.00 bits per heavy atom. The van der Waals surface area contributed by atoms with Gasteiger partial charge in [-0.05, 0) is 30.5 Å². The fraction of sp³-hybridized carbons (Fsp3) is 0.571. The maximum atomic E-state index is 9.00. The summed E-state index contributed by atoms with van der Waals surface area (Å²) in [6, 6.07) is 8.33. The summed E-state index contributed by atoms with van der Waals surface area (Å²) in [5.41, 5.74) is 6.97. The van der Waals surface area contributed by atoms with Gasteiger partial charge in [-0.15, -0.1) is 0 Å². The van der Waals surface area contributed by atoms with Crippen molar-refractivity contribution in [3.05, 3.63) is 29.8 Å². The minimum atomic E-state index is 0.118. The van der Waals surface area contributed by atoms with Crippen molar-refractivity contribution in [3.8, 4) is 5.75 Å².